The minimum atomic E-state index is 0.0589. The molecule has 1 saturated carbocycles. The van der Waals surface area contributed by atoms with Crippen molar-refractivity contribution in [3.8, 4) is 0 Å². The standard InChI is InChI=1S/C16H18N2OS/c1-2-4-14-16(20-18-17-14)15(19)13-9-7-12(8-10-13)11-5-3-6-11/h7-11H,2-6H2,1H3. The van der Waals surface area contributed by atoms with Gasteiger partial charge in [-0.2, -0.15) is 0 Å². The van der Waals surface area contributed by atoms with Crippen molar-refractivity contribution in [2.24, 2.45) is 0 Å². The molecule has 0 amide bonds. The molecule has 0 atom stereocenters. The fourth-order valence-corrected chi connectivity index (χ4v) is 3.23. The first-order valence-corrected chi connectivity index (χ1v) is 8.03. The molecule has 4 heteroatoms. The maximum atomic E-state index is 12.5. The highest BCUT2D eigenvalue weighted by molar-refractivity contribution is 7.08. The highest BCUT2D eigenvalue weighted by Crippen LogP contribution is 2.36. The molecule has 1 heterocycles. The van der Waals surface area contributed by atoms with Crippen molar-refractivity contribution in [3.05, 3.63) is 46.0 Å². The van der Waals surface area contributed by atoms with Gasteiger partial charge in [0, 0.05) is 5.56 Å². The zero-order valence-corrected chi connectivity index (χ0v) is 12.4. The SMILES string of the molecule is CCCc1nnsc1C(=O)c1ccc(C2CCC2)cc1. The van der Waals surface area contributed by atoms with Crippen LogP contribution in [0.3, 0.4) is 0 Å². The van der Waals surface area contributed by atoms with Crippen LogP contribution in [0, 0.1) is 0 Å². The number of hydrogen-bond donors (Lipinski definition) is 0. The van der Waals surface area contributed by atoms with Gasteiger partial charge in [-0.05, 0) is 42.3 Å². The highest BCUT2D eigenvalue weighted by atomic mass is 32.1. The number of carbonyl (C=O) groups excluding carboxylic acids is 1. The number of aryl methyl sites for hydroxylation is 1. The van der Waals surface area contributed by atoms with E-state index < -0.39 is 0 Å². The van der Waals surface area contributed by atoms with E-state index in [2.05, 4.69) is 28.6 Å². The van der Waals surface area contributed by atoms with E-state index in [0.29, 0.717) is 10.8 Å². The van der Waals surface area contributed by atoms with Gasteiger partial charge in [-0.15, -0.1) is 5.10 Å². The molecule has 3 nitrogen and oxygen atoms in total. The minimum absolute atomic E-state index is 0.0589. The molecule has 0 saturated heterocycles. The lowest BCUT2D eigenvalue weighted by atomic mass is 9.80. The van der Waals surface area contributed by atoms with Crippen molar-refractivity contribution < 1.29 is 4.79 Å². The van der Waals surface area contributed by atoms with E-state index in [0.717, 1.165) is 24.1 Å². The largest absolute Gasteiger partial charge is 0.288 e. The molecule has 3 rings (SSSR count). The molecular formula is C16H18N2OS. The summed E-state index contributed by atoms with van der Waals surface area (Å²) in [5.74, 6) is 0.767. The lowest BCUT2D eigenvalue weighted by molar-refractivity contribution is 0.104. The summed E-state index contributed by atoms with van der Waals surface area (Å²) in [4.78, 5) is 13.2. The summed E-state index contributed by atoms with van der Waals surface area (Å²) < 4.78 is 3.93. The Morgan fingerprint density at radius 2 is 2.05 bits per heavy atom. The molecule has 0 N–H and O–H groups in total. The first-order chi connectivity index (χ1) is 9.79. The molecule has 0 aliphatic heterocycles. The van der Waals surface area contributed by atoms with Crippen LogP contribution >= 0.6 is 11.5 Å². The molecule has 1 aliphatic rings. The summed E-state index contributed by atoms with van der Waals surface area (Å²) in [6.45, 7) is 2.08. The van der Waals surface area contributed by atoms with Gasteiger partial charge in [0.05, 0.1) is 5.69 Å². The van der Waals surface area contributed by atoms with Gasteiger partial charge in [0.15, 0.2) is 0 Å². The normalized spacial score (nSPS) is 15.1. The van der Waals surface area contributed by atoms with Crippen molar-refractivity contribution in [1.82, 2.24) is 9.59 Å². The average Bonchev–Trinajstić information content (AvgIpc) is 2.86. The Bertz CT molecular complexity index is 599. The highest BCUT2D eigenvalue weighted by Gasteiger charge is 2.21. The maximum Gasteiger partial charge on any atom is 0.206 e. The van der Waals surface area contributed by atoms with E-state index in [-0.39, 0.29) is 5.78 Å². The molecule has 0 spiro atoms. The zero-order chi connectivity index (χ0) is 13.9. The van der Waals surface area contributed by atoms with Crippen LogP contribution in [0.25, 0.3) is 0 Å². The lowest BCUT2D eigenvalue weighted by Gasteiger charge is -2.25. The molecule has 0 radical (unpaired) electrons. The van der Waals surface area contributed by atoms with Crippen LogP contribution in [0.15, 0.2) is 24.3 Å². The average molecular weight is 286 g/mol. The number of rotatable bonds is 5. The van der Waals surface area contributed by atoms with E-state index >= 15 is 0 Å². The van der Waals surface area contributed by atoms with Gasteiger partial charge in [0.25, 0.3) is 0 Å². The molecule has 1 aromatic heterocycles. The van der Waals surface area contributed by atoms with Gasteiger partial charge in [-0.1, -0.05) is 48.5 Å². The van der Waals surface area contributed by atoms with Gasteiger partial charge >= 0.3 is 0 Å². The van der Waals surface area contributed by atoms with Gasteiger partial charge in [-0.3, -0.25) is 4.79 Å². The van der Waals surface area contributed by atoms with Crippen LogP contribution in [0.5, 0.6) is 0 Å². The Labute approximate surface area is 123 Å². The van der Waals surface area contributed by atoms with Crippen LogP contribution in [-0.2, 0) is 6.42 Å². The van der Waals surface area contributed by atoms with Gasteiger partial charge in [0.1, 0.15) is 4.88 Å². The number of benzene rings is 1. The monoisotopic (exact) mass is 286 g/mol. The second-order valence-electron chi connectivity index (χ2n) is 5.38. The predicted octanol–water partition coefficient (Wildman–Crippen LogP) is 3.99. The number of nitrogens with zero attached hydrogens (tertiary/aromatic N) is 2. The first-order valence-electron chi connectivity index (χ1n) is 7.25. The van der Waals surface area contributed by atoms with Crippen LogP contribution in [0.2, 0.25) is 0 Å². The Morgan fingerprint density at radius 3 is 2.65 bits per heavy atom. The van der Waals surface area contributed by atoms with E-state index in [1.54, 1.807) is 0 Å². The Hall–Kier alpha value is -1.55. The third kappa shape index (κ3) is 2.52. The van der Waals surface area contributed by atoms with Gasteiger partial charge in [0.2, 0.25) is 5.78 Å². The summed E-state index contributed by atoms with van der Waals surface area (Å²) in [5, 5.41) is 4.07. The fourth-order valence-electron chi connectivity index (χ4n) is 2.56. The lowest BCUT2D eigenvalue weighted by Crippen LogP contribution is -2.09. The molecule has 2 aromatic rings. The number of carbonyl (C=O) groups is 1. The third-order valence-corrected chi connectivity index (χ3v) is 4.77. The molecule has 1 aliphatic carbocycles. The van der Waals surface area contributed by atoms with Gasteiger partial charge < -0.3 is 0 Å². The molecule has 20 heavy (non-hydrogen) atoms. The first kappa shape index (κ1) is 13.4. The van der Waals surface area contributed by atoms with Crippen LogP contribution in [0.4, 0.5) is 0 Å². The van der Waals surface area contributed by atoms with E-state index in [4.69, 9.17) is 0 Å². The fraction of sp³-hybridized carbons (Fsp3) is 0.438. The van der Waals surface area contributed by atoms with Crippen LogP contribution in [-0.4, -0.2) is 15.4 Å². The van der Waals surface area contributed by atoms with Gasteiger partial charge in [-0.25, -0.2) is 0 Å². The van der Waals surface area contributed by atoms with E-state index in [1.807, 2.05) is 12.1 Å². The molecule has 1 aromatic carbocycles. The third-order valence-electron chi connectivity index (χ3n) is 4.00. The van der Waals surface area contributed by atoms with Crippen molar-refractivity contribution in [2.75, 3.05) is 0 Å². The quantitative estimate of drug-likeness (QED) is 0.781. The summed E-state index contributed by atoms with van der Waals surface area (Å²) >= 11 is 1.21. The van der Waals surface area contributed by atoms with Crippen LogP contribution in [0.1, 0.15) is 65.0 Å². The van der Waals surface area contributed by atoms with E-state index in [1.165, 1.54) is 36.4 Å². The second-order valence-corrected chi connectivity index (χ2v) is 6.13. The van der Waals surface area contributed by atoms with Crippen molar-refractivity contribution >= 4 is 17.3 Å². The topological polar surface area (TPSA) is 42.9 Å². The maximum absolute atomic E-state index is 12.5. The van der Waals surface area contributed by atoms with Crippen molar-refractivity contribution in [2.45, 2.75) is 44.9 Å². The second kappa shape index (κ2) is 5.83. The zero-order valence-electron chi connectivity index (χ0n) is 11.6. The molecule has 104 valence electrons. The Morgan fingerprint density at radius 1 is 1.30 bits per heavy atom. The summed E-state index contributed by atoms with van der Waals surface area (Å²) in [5.41, 5.74) is 2.95. The summed E-state index contributed by atoms with van der Waals surface area (Å²) in [7, 11) is 0. The summed E-state index contributed by atoms with van der Waals surface area (Å²) in [6, 6.07) is 8.10. The number of aromatic nitrogens is 2. The molecule has 0 unspecified atom stereocenters. The predicted molar refractivity (Wildman–Crippen MR) is 80.4 cm³/mol. The number of ketones is 1. The van der Waals surface area contributed by atoms with E-state index in [9.17, 15) is 4.79 Å². The Balaban J connectivity index is 1.80. The molecular weight excluding hydrogens is 268 g/mol. The van der Waals surface area contributed by atoms with Crippen molar-refractivity contribution in [1.29, 1.82) is 0 Å². The Kier molecular flexibility index (Phi) is 3.92. The summed E-state index contributed by atoms with van der Waals surface area (Å²) in [6.07, 6.45) is 5.70. The molecule has 0 bridgehead atoms. The van der Waals surface area contributed by atoms with Crippen LogP contribution < -0.4 is 0 Å². The number of hydrogen-bond acceptors (Lipinski definition) is 4. The smallest absolute Gasteiger partial charge is 0.206 e. The van der Waals surface area contributed by atoms with Crippen molar-refractivity contribution in [3.63, 3.8) is 0 Å². The molecule has 1 fully saturated rings. The minimum Gasteiger partial charge on any atom is -0.288 e.